The van der Waals surface area contributed by atoms with E-state index < -0.39 is 18.0 Å². The number of fused-ring (bicyclic) bond motifs is 1. The number of carboxylic acids is 1. The third kappa shape index (κ3) is 3.09. The molecule has 1 atom stereocenters. The van der Waals surface area contributed by atoms with Crippen molar-refractivity contribution in [3.63, 3.8) is 0 Å². The van der Waals surface area contributed by atoms with Crippen molar-refractivity contribution in [1.82, 2.24) is 0 Å². The molecule has 3 rings (SSSR count). The molecule has 1 aliphatic heterocycles. The summed E-state index contributed by atoms with van der Waals surface area (Å²) in [6.07, 6.45) is 0.00164. The van der Waals surface area contributed by atoms with Gasteiger partial charge in [-0.3, -0.25) is 4.79 Å². The highest BCUT2D eigenvalue weighted by atomic mass is 16.5. The van der Waals surface area contributed by atoms with Gasteiger partial charge in [-0.05, 0) is 35.7 Å². The van der Waals surface area contributed by atoms with E-state index >= 15 is 0 Å². The van der Waals surface area contributed by atoms with Crippen molar-refractivity contribution in [3.05, 3.63) is 59.2 Å². The van der Waals surface area contributed by atoms with Crippen LogP contribution in [0, 0.1) is 0 Å². The lowest BCUT2D eigenvalue weighted by atomic mass is 9.97. The van der Waals surface area contributed by atoms with E-state index in [4.69, 9.17) is 9.47 Å². The molecule has 0 bridgehead atoms. The van der Waals surface area contributed by atoms with Crippen LogP contribution < -0.4 is 10.1 Å². The van der Waals surface area contributed by atoms with Crippen LogP contribution in [0.4, 0.5) is 5.69 Å². The zero-order valence-electron chi connectivity index (χ0n) is 13.1. The van der Waals surface area contributed by atoms with Crippen LogP contribution in [0.5, 0.6) is 5.75 Å². The molecule has 0 spiro atoms. The zero-order valence-corrected chi connectivity index (χ0v) is 13.1. The number of anilines is 1. The molecule has 2 N–H and O–H groups in total. The van der Waals surface area contributed by atoms with Gasteiger partial charge in [0.25, 0.3) is 5.91 Å². The Balaban J connectivity index is 1.87. The van der Waals surface area contributed by atoms with E-state index in [-0.39, 0.29) is 11.3 Å². The molecule has 1 amide bonds. The van der Waals surface area contributed by atoms with Gasteiger partial charge in [0, 0.05) is 0 Å². The van der Waals surface area contributed by atoms with Crippen LogP contribution in [0.25, 0.3) is 0 Å². The lowest BCUT2D eigenvalue weighted by molar-refractivity contribution is -0.128. The normalized spacial score (nSPS) is 16.1. The van der Waals surface area contributed by atoms with Gasteiger partial charge in [-0.25, -0.2) is 4.79 Å². The van der Waals surface area contributed by atoms with Gasteiger partial charge < -0.3 is 19.9 Å². The quantitative estimate of drug-likeness (QED) is 0.902. The molecule has 6 heteroatoms. The maximum absolute atomic E-state index is 12.6. The molecule has 0 saturated carbocycles. The highest BCUT2D eigenvalue weighted by Crippen LogP contribution is 2.29. The molecule has 0 fully saturated rings. The van der Waals surface area contributed by atoms with Crippen LogP contribution in [-0.2, 0) is 16.0 Å². The largest absolute Gasteiger partial charge is 0.497 e. The number of amides is 1. The van der Waals surface area contributed by atoms with E-state index in [1.165, 1.54) is 19.2 Å². The minimum Gasteiger partial charge on any atom is -0.497 e. The van der Waals surface area contributed by atoms with E-state index in [0.29, 0.717) is 12.4 Å². The van der Waals surface area contributed by atoms with Crippen LogP contribution in [0.3, 0.4) is 0 Å². The number of benzene rings is 2. The van der Waals surface area contributed by atoms with Crippen molar-refractivity contribution in [2.45, 2.75) is 12.5 Å². The van der Waals surface area contributed by atoms with Crippen LogP contribution >= 0.6 is 0 Å². The Kier molecular flexibility index (Phi) is 4.48. The van der Waals surface area contributed by atoms with Crippen LogP contribution in [-0.4, -0.2) is 30.7 Å². The molecule has 6 nitrogen and oxygen atoms in total. The summed E-state index contributed by atoms with van der Waals surface area (Å²) in [5.74, 6) is -1.13. The van der Waals surface area contributed by atoms with Crippen molar-refractivity contribution in [3.8, 4) is 5.75 Å². The average Bonchev–Trinajstić information content (AvgIpc) is 2.61. The van der Waals surface area contributed by atoms with E-state index in [0.717, 1.165) is 17.5 Å². The predicted octanol–water partition coefficient (Wildman–Crippen LogP) is 2.65. The number of ether oxygens (including phenoxy) is 2. The van der Waals surface area contributed by atoms with Gasteiger partial charge in [-0.2, -0.15) is 0 Å². The first-order valence-electron chi connectivity index (χ1n) is 7.51. The number of carboxylic acid groups (broad SMARTS) is 1. The Morgan fingerprint density at radius 2 is 2.04 bits per heavy atom. The molecule has 0 radical (unpaired) electrons. The first-order valence-corrected chi connectivity index (χ1v) is 7.51. The molecule has 2 aromatic rings. The zero-order chi connectivity index (χ0) is 17.1. The summed E-state index contributed by atoms with van der Waals surface area (Å²) in [4.78, 5) is 24.0. The molecule has 1 unspecified atom stereocenters. The summed E-state index contributed by atoms with van der Waals surface area (Å²) in [6, 6.07) is 12.1. The Morgan fingerprint density at radius 3 is 2.79 bits per heavy atom. The second kappa shape index (κ2) is 6.72. The molecule has 24 heavy (non-hydrogen) atoms. The summed E-state index contributed by atoms with van der Waals surface area (Å²) >= 11 is 0. The van der Waals surface area contributed by atoms with Crippen molar-refractivity contribution < 1.29 is 24.2 Å². The maximum atomic E-state index is 12.6. The number of nitrogens with one attached hydrogen (secondary N) is 1. The summed E-state index contributed by atoms with van der Waals surface area (Å²) in [5, 5.41) is 12.0. The highest BCUT2D eigenvalue weighted by molar-refractivity contribution is 6.02. The van der Waals surface area contributed by atoms with E-state index in [2.05, 4.69) is 5.32 Å². The van der Waals surface area contributed by atoms with Gasteiger partial charge in [0.15, 0.2) is 6.10 Å². The first kappa shape index (κ1) is 16.0. The summed E-state index contributed by atoms with van der Waals surface area (Å²) < 4.78 is 10.6. The van der Waals surface area contributed by atoms with Crippen molar-refractivity contribution in [2.75, 3.05) is 19.0 Å². The predicted molar refractivity (Wildman–Crippen MR) is 87.4 cm³/mol. The molecule has 1 heterocycles. The van der Waals surface area contributed by atoms with Crippen LogP contribution in [0.1, 0.15) is 27.6 Å². The van der Waals surface area contributed by atoms with Crippen molar-refractivity contribution in [1.29, 1.82) is 0 Å². The number of hydrogen-bond donors (Lipinski definition) is 2. The molecular formula is C18H17NO5. The Labute approximate surface area is 139 Å². The van der Waals surface area contributed by atoms with Gasteiger partial charge in [0.05, 0.1) is 25.0 Å². The first-order chi connectivity index (χ1) is 11.6. The molecule has 0 aliphatic carbocycles. The third-order valence-electron chi connectivity index (χ3n) is 3.95. The molecule has 1 aliphatic rings. The molecule has 0 saturated heterocycles. The Morgan fingerprint density at radius 1 is 1.25 bits per heavy atom. The van der Waals surface area contributed by atoms with Crippen molar-refractivity contribution in [2.24, 2.45) is 0 Å². The van der Waals surface area contributed by atoms with Crippen molar-refractivity contribution >= 4 is 17.6 Å². The molecule has 124 valence electrons. The second-order valence-corrected chi connectivity index (χ2v) is 5.41. The number of aromatic carboxylic acids is 1. The van der Waals surface area contributed by atoms with Gasteiger partial charge >= 0.3 is 5.97 Å². The van der Waals surface area contributed by atoms with Gasteiger partial charge in [-0.1, -0.05) is 24.3 Å². The second-order valence-electron chi connectivity index (χ2n) is 5.41. The topological polar surface area (TPSA) is 84.9 Å². The Hall–Kier alpha value is -2.86. The Bertz CT molecular complexity index is 787. The fourth-order valence-electron chi connectivity index (χ4n) is 2.75. The van der Waals surface area contributed by atoms with Gasteiger partial charge in [0.1, 0.15) is 5.75 Å². The molecule has 0 aromatic heterocycles. The minimum atomic E-state index is -1.14. The highest BCUT2D eigenvalue weighted by Gasteiger charge is 2.28. The van der Waals surface area contributed by atoms with E-state index in [9.17, 15) is 14.7 Å². The number of carbonyl (C=O) groups is 2. The van der Waals surface area contributed by atoms with Gasteiger partial charge in [-0.15, -0.1) is 0 Å². The average molecular weight is 327 g/mol. The monoisotopic (exact) mass is 327 g/mol. The standard InChI is InChI=1S/C18H17NO5/c1-23-12-6-7-15(14(10-12)18(21)22)19-17(20)16-13-5-3-2-4-11(13)8-9-24-16/h2-7,10,16H,8-9H2,1H3,(H,19,20)(H,21,22). The molecule has 2 aromatic carbocycles. The number of hydrogen-bond acceptors (Lipinski definition) is 4. The lowest BCUT2D eigenvalue weighted by Crippen LogP contribution is -2.28. The third-order valence-corrected chi connectivity index (χ3v) is 3.95. The smallest absolute Gasteiger partial charge is 0.337 e. The van der Waals surface area contributed by atoms with Crippen LogP contribution in [0.2, 0.25) is 0 Å². The van der Waals surface area contributed by atoms with Crippen LogP contribution in [0.15, 0.2) is 42.5 Å². The lowest BCUT2D eigenvalue weighted by Gasteiger charge is -2.25. The van der Waals surface area contributed by atoms with E-state index in [1.54, 1.807) is 6.07 Å². The fraction of sp³-hybridized carbons (Fsp3) is 0.222. The fourth-order valence-corrected chi connectivity index (χ4v) is 2.75. The SMILES string of the molecule is COc1ccc(NC(=O)C2OCCc3ccccc32)c(C(=O)O)c1. The number of methoxy groups -OCH3 is 1. The summed E-state index contributed by atoms with van der Waals surface area (Å²) in [6.45, 7) is 0.448. The number of carbonyl (C=O) groups excluding carboxylic acids is 1. The molecular weight excluding hydrogens is 310 g/mol. The maximum Gasteiger partial charge on any atom is 0.337 e. The number of rotatable bonds is 4. The van der Waals surface area contributed by atoms with E-state index in [1.807, 2.05) is 24.3 Å². The summed E-state index contributed by atoms with van der Waals surface area (Å²) in [5.41, 5.74) is 2.05. The van der Waals surface area contributed by atoms with Gasteiger partial charge in [0.2, 0.25) is 0 Å². The minimum absolute atomic E-state index is 0.0354. The summed E-state index contributed by atoms with van der Waals surface area (Å²) in [7, 11) is 1.45.